The number of hydrogen-bond acceptors (Lipinski definition) is 3. The summed E-state index contributed by atoms with van der Waals surface area (Å²) in [7, 11) is 1.64. The number of para-hydroxylation sites is 1. The van der Waals surface area contributed by atoms with Gasteiger partial charge in [-0.3, -0.25) is 4.79 Å². The van der Waals surface area contributed by atoms with Crippen molar-refractivity contribution in [2.75, 3.05) is 25.5 Å². The summed E-state index contributed by atoms with van der Waals surface area (Å²) < 4.78 is 5.43. The van der Waals surface area contributed by atoms with Crippen molar-refractivity contribution in [2.24, 2.45) is 0 Å². The van der Waals surface area contributed by atoms with Crippen molar-refractivity contribution in [3.05, 3.63) is 23.8 Å². The summed E-state index contributed by atoms with van der Waals surface area (Å²) in [6.07, 6.45) is 3.02. The van der Waals surface area contributed by atoms with Gasteiger partial charge in [-0.2, -0.15) is 0 Å². The van der Waals surface area contributed by atoms with Crippen LogP contribution in [-0.2, 0) is 4.79 Å². The molecule has 1 aliphatic rings. The minimum Gasteiger partial charge on any atom is -0.494 e. The smallest absolute Gasteiger partial charge is 0.211 e. The highest BCUT2D eigenvalue weighted by molar-refractivity contribution is 5.76. The van der Waals surface area contributed by atoms with Crippen LogP contribution in [0.25, 0.3) is 0 Å². The van der Waals surface area contributed by atoms with Gasteiger partial charge in [0.05, 0.1) is 12.8 Å². The van der Waals surface area contributed by atoms with E-state index in [1.807, 2.05) is 12.1 Å². The maximum Gasteiger partial charge on any atom is 0.211 e. The minimum atomic E-state index is 0.465. The molecule has 1 unspecified atom stereocenters. The molecule has 92 valence electrons. The predicted molar refractivity (Wildman–Crippen MR) is 67.5 cm³/mol. The molecule has 0 saturated carbocycles. The van der Waals surface area contributed by atoms with E-state index in [4.69, 9.17) is 4.74 Å². The fraction of sp³-hybridized carbons (Fsp3) is 0.462. The molecular weight excluding hydrogens is 216 g/mol. The number of amides is 1. The van der Waals surface area contributed by atoms with Crippen LogP contribution in [0.5, 0.6) is 5.75 Å². The van der Waals surface area contributed by atoms with Gasteiger partial charge in [0, 0.05) is 18.0 Å². The Bertz CT molecular complexity index is 387. The van der Waals surface area contributed by atoms with Gasteiger partial charge in [-0.15, -0.1) is 0 Å². The van der Waals surface area contributed by atoms with E-state index in [9.17, 15) is 4.79 Å². The first-order valence-corrected chi connectivity index (χ1v) is 5.94. The van der Waals surface area contributed by atoms with Gasteiger partial charge in [-0.05, 0) is 25.5 Å². The average molecular weight is 234 g/mol. The summed E-state index contributed by atoms with van der Waals surface area (Å²) >= 11 is 0. The van der Waals surface area contributed by atoms with Crippen molar-refractivity contribution in [3.63, 3.8) is 0 Å². The summed E-state index contributed by atoms with van der Waals surface area (Å²) in [6, 6.07) is 5.89. The molecule has 0 bridgehead atoms. The van der Waals surface area contributed by atoms with E-state index in [-0.39, 0.29) is 0 Å². The van der Waals surface area contributed by atoms with Crippen LogP contribution in [0.15, 0.2) is 18.2 Å². The van der Waals surface area contributed by atoms with Crippen LogP contribution in [0.2, 0.25) is 0 Å². The molecule has 4 heteroatoms. The molecular formula is C13H18N2O2. The summed E-state index contributed by atoms with van der Waals surface area (Å²) in [4.78, 5) is 10.6. The van der Waals surface area contributed by atoms with Gasteiger partial charge in [-0.1, -0.05) is 12.1 Å². The lowest BCUT2D eigenvalue weighted by Crippen LogP contribution is -2.28. The van der Waals surface area contributed by atoms with Crippen molar-refractivity contribution in [1.82, 2.24) is 5.32 Å². The number of methoxy groups -OCH3 is 1. The molecule has 1 fully saturated rings. The standard InChI is InChI=1S/C13H18N2O2/c1-17-13-11(10-4-3-7-14-8-10)5-2-6-12(13)15-9-16/h2,5-6,9-10,14H,3-4,7-8H2,1H3,(H,15,16). The second kappa shape index (κ2) is 5.68. The Kier molecular flexibility index (Phi) is 3.98. The number of ether oxygens (including phenoxy) is 1. The molecule has 0 spiro atoms. The molecule has 2 rings (SSSR count). The van der Waals surface area contributed by atoms with Crippen LogP contribution in [0.4, 0.5) is 5.69 Å². The zero-order valence-electron chi connectivity index (χ0n) is 10.0. The number of rotatable bonds is 4. The molecule has 1 heterocycles. The highest BCUT2D eigenvalue weighted by Crippen LogP contribution is 2.36. The maximum atomic E-state index is 10.6. The molecule has 1 aromatic rings. The molecule has 1 aliphatic heterocycles. The van der Waals surface area contributed by atoms with Crippen LogP contribution in [-0.4, -0.2) is 26.6 Å². The number of benzene rings is 1. The predicted octanol–water partition coefficient (Wildman–Crippen LogP) is 1.73. The monoisotopic (exact) mass is 234 g/mol. The summed E-state index contributed by atoms with van der Waals surface area (Å²) in [6.45, 7) is 2.06. The van der Waals surface area contributed by atoms with Gasteiger partial charge < -0.3 is 15.4 Å². The van der Waals surface area contributed by atoms with E-state index in [1.54, 1.807) is 7.11 Å². The molecule has 0 aromatic heterocycles. The van der Waals surface area contributed by atoms with Gasteiger partial charge >= 0.3 is 0 Å². The number of carbonyl (C=O) groups is 1. The third-order valence-corrected chi connectivity index (χ3v) is 3.20. The Morgan fingerprint density at radius 2 is 2.41 bits per heavy atom. The Hall–Kier alpha value is -1.55. The van der Waals surface area contributed by atoms with Crippen LogP contribution in [0.3, 0.4) is 0 Å². The Morgan fingerprint density at radius 3 is 3.06 bits per heavy atom. The van der Waals surface area contributed by atoms with Crippen LogP contribution in [0, 0.1) is 0 Å². The second-order valence-electron chi connectivity index (χ2n) is 4.23. The first-order valence-electron chi connectivity index (χ1n) is 5.94. The second-order valence-corrected chi connectivity index (χ2v) is 4.23. The van der Waals surface area contributed by atoms with E-state index in [1.165, 1.54) is 12.0 Å². The number of nitrogens with one attached hydrogen (secondary N) is 2. The van der Waals surface area contributed by atoms with Crippen LogP contribution in [0.1, 0.15) is 24.3 Å². The Labute approximate surface area is 101 Å². The normalized spacial score (nSPS) is 19.7. The summed E-state index contributed by atoms with van der Waals surface area (Å²) in [5.41, 5.74) is 1.91. The van der Waals surface area contributed by atoms with E-state index in [2.05, 4.69) is 16.7 Å². The lowest BCUT2D eigenvalue weighted by atomic mass is 9.90. The van der Waals surface area contributed by atoms with Crippen LogP contribution < -0.4 is 15.4 Å². The van der Waals surface area contributed by atoms with Gasteiger partial charge in [0.2, 0.25) is 6.41 Å². The van der Waals surface area contributed by atoms with Crippen molar-refractivity contribution in [2.45, 2.75) is 18.8 Å². The van der Waals surface area contributed by atoms with Gasteiger partial charge in [0.1, 0.15) is 5.75 Å². The lowest BCUT2D eigenvalue weighted by molar-refractivity contribution is -0.105. The zero-order valence-corrected chi connectivity index (χ0v) is 10.0. The molecule has 2 N–H and O–H groups in total. The molecule has 0 radical (unpaired) electrons. The zero-order chi connectivity index (χ0) is 12.1. The number of hydrogen-bond donors (Lipinski definition) is 2. The molecule has 1 aromatic carbocycles. The van der Waals surface area contributed by atoms with Gasteiger partial charge in [0.15, 0.2) is 0 Å². The lowest BCUT2D eigenvalue weighted by Gasteiger charge is -2.25. The van der Waals surface area contributed by atoms with E-state index < -0.39 is 0 Å². The Balaban J connectivity index is 2.31. The molecule has 17 heavy (non-hydrogen) atoms. The van der Waals surface area contributed by atoms with Crippen molar-refractivity contribution >= 4 is 12.1 Å². The third-order valence-electron chi connectivity index (χ3n) is 3.20. The number of anilines is 1. The van der Waals surface area contributed by atoms with E-state index >= 15 is 0 Å². The molecule has 1 atom stereocenters. The largest absolute Gasteiger partial charge is 0.494 e. The fourth-order valence-corrected chi connectivity index (χ4v) is 2.40. The number of piperidine rings is 1. The maximum absolute atomic E-state index is 10.6. The SMILES string of the molecule is COc1c(NC=O)cccc1C1CCCNC1. The first-order chi connectivity index (χ1) is 8.36. The highest BCUT2D eigenvalue weighted by Gasteiger charge is 2.20. The fourth-order valence-electron chi connectivity index (χ4n) is 2.40. The molecule has 4 nitrogen and oxygen atoms in total. The molecule has 0 aliphatic carbocycles. The van der Waals surface area contributed by atoms with Gasteiger partial charge in [-0.25, -0.2) is 0 Å². The van der Waals surface area contributed by atoms with E-state index in [0.717, 1.165) is 30.9 Å². The van der Waals surface area contributed by atoms with Gasteiger partial charge in [0.25, 0.3) is 0 Å². The third kappa shape index (κ3) is 2.58. The van der Waals surface area contributed by atoms with Crippen LogP contribution >= 0.6 is 0 Å². The highest BCUT2D eigenvalue weighted by atomic mass is 16.5. The average Bonchev–Trinajstić information content (AvgIpc) is 2.40. The van der Waals surface area contributed by atoms with Crippen molar-refractivity contribution < 1.29 is 9.53 Å². The summed E-state index contributed by atoms with van der Waals surface area (Å²) in [5, 5.41) is 6.07. The first kappa shape index (κ1) is 11.9. The molecule has 1 saturated heterocycles. The topological polar surface area (TPSA) is 50.4 Å². The quantitative estimate of drug-likeness (QED) is 0.780. The van der Waals surface area contributed by atoms with E-state index in [0.29, 0.717) is 12.3 Å². The van der Waals surface area contributed by atoms with Crippen molar-refractivity contribution in [3.8, 4) is 5.75 Å². The Morgan fingerprint density at radius 1 is 1.53 bits per heavy atom. The minimum absolute atomic E-state index is 0.465. The molecule has 1 amide bonds. The van der Waals surface area contributed by atoms with Crippen molar-refractivity contribution in [1.29, 1.82) is 0 Å². The number of carbonyl (C=O) groups excluding carboxylic acids is 1. The summed E-state index contributed by atoms with van der Waals surface area (Å²) in [5.74, 6) is 1.25.